The molecular formula is C12H20N2O6S3. The Morgan fingerprint density at radius 3 is 1.87 bits per heavy atom. The summed E-state index contributed by atoms with van der Waals surface area (Å²) in [5, 5.41) is 5.11. The minimum Gasteiger partial charge on any atom is -0.467 e. The Hall–Kier alpha value is -1.04. The van der Waals surface area contributed by atoms with Crippen LogP contribution in [0, 0.1) is 0 Å². The van der Waals surface area contributed by atoms with Crippen molar-refractivity contribution >= 4 is 60.3 Å². The first kappa shape index (κ1) is 22.0. The molecule has 0 bridgehead atoms. The molecule has 0 aromatic carbocycles. The van der Waals surface area contributed by atoms with Crippen molar-refractivity contribution in [3.05, 3.63) is 0 Å². The highest BCUT2D eigenvalue weighted by molar-refractivity contribution is 7.80. The van der Waals surface area contributed by atoms with E-state index < -0.39 is 29.9 Å². The van der Waals surface area contributed by atoms with Crippen molar-refractivity contribution in [1.29, 1.82) is 0 Å². The molecule has 23 heavy (non-hydrogen) atoms. The third-order valence-electron chi connectivity index (χ3n) is 2.47. The Bertz CT molecular complexity index is 397. The van der Waals surface area contributed by atoms with E-state index in [1.54, 1.807) is 0 Å². The van der Waals surface area contributed by atoms with Crippen LogP contribution in [0.15, 0.2) is 0 Å². The van der Waals surface area contributed by atoms with E-state index in [4.69, 9.17) is 17.0 Å². The van der Waals surface area contributed by atoms with E-state index in [-0.39, 0.29) is 29.7 Å². The van der Waals surface area contributed by atoms with Gasteiger partial charge in [0, 0.05) is 11.5 Å². The van der Waals surface area contributed by atoms with E-state index in [0.29, 0.717) is 0 Å². The van der Waals surface area contributed by atoms with Crippen LogP contribution >= 0.6 is 37.5 Å². The van der Waals surface area contributed by atoms with E-state index in [1.165, 1.54) is 14.2 Å². The van der Waals surface area contributed by atoms with Crippen LogP contribution in [0.3, 0.4) is 0 Å². The number of rotatable bonds is 10. The molecule has 0 saturated carbocycles. The van der Waals surface area contributed by atoms with Gasteiger partial charge in [0.05, 0.1) is 20.8 Å². The summed E-state index contributed by atoms with van der Waals surface area (Å²) < 4.78 is 14.2. The first-order valence-electron chi connectivity index (χ1n) is 6.43. The third kappa shape index (κ3) is 8.98. The number of nitrogens with one attached hydrogen (secondary N) is 2. The molecule has 11 heteroatoms. The summed E-state index contributed by atoms with van der Waals surface area (Å²) in [5.41, 5.74) is 0. The molecule has 0 aliphatic carbocycles. The predicted octanol–water partition coefficient (Wildman–Crippen LogP) is -1.02. The lowest BCUT2D eigenvalue weighted by atomic mass is 10.3. The Morgan fingerprint density at radius 1 is 0.957 bits per heavy atom. The normalized spacial score (nSPS) is 12.7. The number of hydrogen-bond acceptors (Lipinski definition) is 9. The molecule has 0 spiro atoms. The highest BCUT2D eigenvalue weighted by atomic mass is 32.1. The van der Waals surface area contributed by atoms with Crippen LogP contribution in [-0.4, -0.2) is 73.9 Å². The maximum Gasteiger partial charge on any atom is 0.329 e. The molecule has 0 fully saturated rings. The van der Waals surface area contributed by atoms with Gasteiger partial charge in [-0.2, -0.15) is 25.3 Å². The number of ether oxygens (including phenoxy) is 3. The maximum atomic E-state index is 11.6. The van der Waals surface area contributed by atoms with Crippen LogP contribution in [0.4, 0.5) is 0 Å². The summed E-state index contributed by atoms with van der Waals surface area (Å²) in [6.45, 7) is -0.388. The number of thiocarbonyl (C=S) groups is 1. The lowest BCUT2D eigenvalue weighted by Gasteiger charge is -2.16. The van der Waals surface area contributed by atoms with Crippen LogP contribution in [0.25, 0.3) is 0 Å². The van der Waals surface area contributed by atoms with Gasteiger partial charge in [-0.1, -0.05) is 12.2 Å². The van der Waals surface area contributed by atoms with Crippen LogP contribution in [0.2, 0.25) is 0 Å². The van der Waals surface area contributed by atoms with Crippen molar-refractivity contribution < 1.29 is 28.6 Å². The van der Waals surface area contributed by atoms with E-state index in [9.17, 15) is 14.4 Å². The highest BCUT2D eigenvalue weighted by Gasteiger charge is 2.20. The van der Waals surface area contributed by atoms with Gasteiger partial charge in [0.15, 0.2) is 0 Å². The fourth-order valence-electron chi connectivity index (χ4n) is 1.35. The maximum absolute atomic E-state index is 11.6. The van der Waals surface area contributed by atoms with Crippen molar-refractivity contribution in [2.24, 2.45) is 0 Å². The zero-order valence-corrected chi connectivity index (χ0v) is 15.3. The van der Waals surface area contributed by atoms with Crippen LogP contribution in [0.5, 0.6) is 0 Å². The molecule has 0 aliphatic rings. The predicted molar refractivity (Wildman–Crippen MR) is 94.0 cm³/mol. The van der Waals surface area contributed by atoms with Gasteiger partial charge in [0.2, 0.25) is 5.91 Å². The zero-order valence-electron chi connectivity index (χ0n) is 12.7. The van der Waals surface area contributed by atoms with Crippen LogP contribution in [0.1, 0.15) is 0 Å². The molecule has 2 N–H and O–H groups in total. The fraction of sp³-hybridized carbons (Fsp3) is 0.667. The largest absolute Gasteiger partial charge is 0.467 e. The summed E-state index contributed by atoms with van der Waals surface area (Å²) in [6, 6.07) is -1.54. The van der Waals surface area contributed by atoms with Crippen LogP contribution in [-0.2, 0) is 28.6 Å². The number of methoxy groups -OCH3 is 2. The van der Waals surface area contributed by atoms with Crippen LogP contribution < -0.4 is 10.6 Å². The Balaban J connectivity index is 4.14. The minimum absolute atomic E-state index is 0.0756. The molecule has 2 atom stereocenters. The minimum atomic E-state index is -0.850. The van der Waals surface area contributed by atoms with Crippen molar-refractivity contribution in [3.8, 4) is 0 Å². The molecule has 8 nitrogen and oxygen atoms in total. The number of esters is 2. The molecule has 0 saturated heterocycles. The molecule has 2 unspecified atom stereocenters. The summed E-state index contributed by atoms with van der Waals surface area (Å²) in [6.07, 6.45) is 0. The highest BCUT2D eigenvalue weighted by Crippen LogP contribution is 1.94. The summed E-state index contributed by atoms with van der Waals surface area (Å²) >= 11 is 12.9. The van der Waals surface area contributed by atoms with Gasteiger partial charge in [-0.05, 0) is 0 Å². The first-order chi connectivity index (χ1) is 10.9. The number of carbonyl (C=O) groups is 3. The average molecular weight is 385 g/mol. The van der Waals surface area contributed by atoms with Gasteiger partial charge in [-0.25, -0.2) is 9.59 Å². The standard InChI is InChI=1S/C12H20N2O6S3/c1-18-11(16)7(5-21)13-9(15)3-20-4-10(23)14-8(6-22)12(17)19-2/h7-8,21-22H,3-6H2,1-2H3,(H,13,15)(H,14,23). The van der Waals surface area contributed by atoms with E-state index in [1.807, 2.05) is 0 Å². The topological polar surface area (TPSA) is 103 Å². The van der Waals surface area contributed by atoms with Gasteiger partial charge in [-0.3, -0.25) is 4.79 Å². The average Bonchev–Trinajstić information content (AvgIpc) is 2.55. The monoisotopic (exact) mass is 384 g/mol. The summed E-state index contributed by atoms with van der Waals surface area (Å²) in [7, 11) is 2.47. The molecule has 0 aromatic heterocycles. The molecular weight excluding hydrogens is 364 g/mol. The summed E-state index contributed by atoms with van der Waals surface area (Å²) in [5.74, 6) is -1.33. The molecule has 0 aliphatic heterocycles. The lowest BCUT2D eigenvalue weighted by molar-refractivity contribution is -0.144. The van der Waals surface area contributed by atoms with E-state index in [0.717, 1.165) is 0 Å². The van der Waals surface area contributed by atoms with Gasteiger partial charge in [0.1, 0.15) is 23.7 Å². The van der Waals surface area contributed by atoms with Gasteiger partial charge in [-0.15, -0.1) is 0 Å². The van der Waals surface area contributed by atoms with Gasteiger partial charge in [0.25, 0.3) is 0 Å². The van der Waals surface area contributed by atoms with Crippen molar-refractivity contribution in [2.75, 3.05) is 38.9 Å². The second-order valence-electron chi connectivity index (χ2n) is 4.14. The zero-order chi connectivity index (χ0) is 17.8. The number of carbonyl (C=O) groups excluding carboxylic acids is 3. The third-order valence-corrected chi connectivity index (χ3v) is 3.44. The van der Waals surface area contributed by atoms with Crippen molar-refractivity contribution in [3.63, 3.8) is 0 Å². The molecule has 0 aromatic rings. The molecule has 0 heterocycles. The Labute approximate surface area is 150 Å². The lowest BCUT2D eigenvalue weighted by Crippen LogP contribution is -2.45. The van der Waals surface area contributed by atoms with Gasteiger partial charge >= 0.3 is 11.9 Å². The Morgan fingerprint density at radius 2 is 1.43 bits per heavy atom. The molecule has 0 rings (SSSR count). The summed E-state index contributed by atoms with van der Waals surface area (Å²) in [4.78, 5) is 34.5. The van der Waals surface area contributed by atoms with Crippen molar-refractivity contribution in [1.82, 2.24) is 10.6 Å². The second kappa shape index (κ2) is 12.4. The van der Waals surface area contributed by atoms with Gasteiger partial charge < -0.3 is 24.8 Å². The van der Waals surface area contributed by atoms with Crippen molar-refractivity contribution in [2.45, 2.75) is 12.1 Å². The number of amides is 1. The Kier molecular flexibility index (Phi) is 11.8. The van der Waals surface area contributed by atoms with E-state index in [2.05, 4.69) is 45.4 Å². The van der Waals surface area contributed by atoms with E-state index >= 15 is 0 Å². The fourth-order valence-corrected chi connectivity index (χ4v) is 2.06. The number of thiol groups is 2. The second-order valence-corrected chi connectivity index (χ2v) is 5.37. The molecule has 0 radical (unpaired) electrons. The smallest absolute Gasteiger partial charge is 0.329 e. The SMILES string of the molecule is COC(=O)C(CS)NC(=O)COCC(=S)NC(CS)C(=O)OC. The molecule has 1 amide bonds. The number of hydrogen-bond donors (Lipinski definition) is 4. The molecule has 132 valence electrons. The quantitative estimate of drug-likeness (QED) is 0.216. The first-order valence-corrected chi connectivity index (χ1v) is 8.10.